The topological polar surface area (TPSA) is 59.1 Å². The van der Waals surface area contributed by atoms with Crippen LogP contribution < -0.4 is 10.6 Å². The molecule has 0 saturated heterocycles. The lowest BCUT2D eigenvalue weighted by Gasteiger charge is -2.16. The van der Waals surface area contributed by atoms with E-state index < -0.39 is 0 Å². The zero-order valence-corrected chi connectivity index (χ0v) is 11.9. The lowest BCUT2D eigenvalue weighted by atomic mass is 10.0. The molecule has 0 bridgehead atoms. The summed E-state index contributed by atoms with van der Waals surface area (Å²) in [7, 11) is 1.76. The van der Waals surface area contributed by atoms with E-state index in [1.807, 2.05) is 6.07 Å². The Morgan fingerprint density at radius 2 is 2.21 bits per heavy atom. The van der Waals surface area contributed by atoms with Crippen molar-refractivity contribution in [2.75, 3.05) is 37.4 Å². The van der Waals surface area contributed by atoms with Gasteiger partial charge in [-0.1, -0.05) is 6.92 Å². The van der Waals surface area contributed by atoms with Gasteiger partial charge in [-0.15, -0.1) is 0 Å². The van der Waals surface area contributed by atoms with E-state index in [4.69, 9.17) is 4.74 Å². The van der Waals surface area contributed by atoms with E-state index >= 15 is 0 Å². The Kier molecular flexibility index (Phi) is 4.96. The van der Waals surface area contributed by atoms with Gasteiger partial charge in [0.2, 0.25) is 5.95 Å². The van der Waals surface area contributed by atoms with Gasteiger partial charge in [0.1, 0.15) is 5.82 Å². The molecule has 5 heteroatoms. The molecule has 0 aromatic carbocycles. The molecule has 1 heterocycles. The summed E-state index contributed by atoms with van der Waals surface area (Å²) in [5, 5.41) is 6.63. The van der Waals surface area contributed by atoms with Crippen molar-refractivity contribution in [2.24, 2.45) is 5.41 Å². The van der Waals surface area contributed by atoms with Crippen molar-refractivity contribution in [1.29, 1.82) is 0 Å². The number of nitrogens with zero attached hydrogens (tertiary/aromatic N) is 2. The summed E-state index contributed by atoms with van der Waals surface area (Å²) in [6, 6.07) is 1.92. The van der Waals surface area contributed by atoms with Gasteiger partial charge in [-0.3, -0.25) is 0 Å². The summed E-state index contributed by atoms with van der Waals surface area (Å²) in [6.07, 6.45) is 6.57. The fourth-order valence-corrected chi connectivity index (χ4v) is 2.07. The number of aromatic nitrogens is 2. The molecule has 0 unspecified atom stereocenters. The Hall–Kier alpha value is -1.36. The SMILES string of the molecule is CCCNc1nccc(NCC2(CCOC)CC2)n1. The van der Waals surface area contributed by atoms with Crippen LogP contribution in [-0.2, 0) is 4.74 Å². The lowest BCUT2D eigenvalue weighted by molar-refractivity contribution is 0.175. The monoisotopic (exact) mass is 264 g/mol. The number of ether oxygens (including phenoxy) is 1. The molecule has 106 valence electrons. The summed E-state index contributed by atoms with van der Waals surface area (Å²) in [5.74, 6) is 1.60. The molecule has 2 rings (SSSR count). The van der Waals surface area contributed by atoms with Crippen LogP contribution in [0.2, 0.25) is 0 Å². The second-order valence-electron chi connectivity index (χ2n) is 5.29. The number of nitrogens with one attached hydrogen (secondary N) is 2. The van der Waals surface area contributed by atoms with Gasteiger partial charge >= 0.3 is 0 Å². The van der Waals surface area contributed by atoms with Crippen LogP contribution in [0.1, 0.15) is 32.6 Å². The van der Waals surface area contributed by atoms with Gasteiger partial charge in [-0.05, 0) is 37.2 Å². The van der Waals surface area contributed by atoms with Crippen LogP contribution in [0, 0.1) is 5.41 Å². The summed E-state index contributed by atoms with van der Waals surface area (Å²) in [5.41, 5.74) is 0.429. The summed E-state index contributed by atoms with van der Waals surface area (Å²) in [4.78, 5) is 8.66. The van der Waals surface area contributed by atoms with Crippen molar-refractivity contribution in [2.45, 2.75) is 32.6 Å². The predicted molar refractivity (Wildman–Crippen MR) is 77.5 cm³/mol. The third kappa shape index (κ3) is 4.35. The van der Waals surface area contributed by atoms with E-state index in [1.54, 1.807) is 13.3 Å². The van der Waals surface area contributed by atoms with Gasteiger partial charge in [0.15, 0.2) is 0 Å². The first kappa shape index (κ1) is 14.1. The molecular formula is C14H24N4O. The van der Waals surface area contributed by atoms with E-state index in [9.17, 15) is 0 Å². The highest BCUT2D eigenvalue weighted by Crippen LogP contribution is 2.48. The highest BCUT2D eigenvalue weighted by atomic mass is 16.5. The van der Waals surface area contributed by atoms with Gasteiger partial charge in [0.05, 0.1) is 0 Å². The van der Waals surface area contributed by atoms with Gasteiger partial charge in [-0.25, -0.2) is 4.98 Å². The fourth-order valence-electron chi connectivity index (χ4n) is 2.07. The van der Waals surface area contributed by atoms with Crippen LogP contribution in [0.25, 0.3) is 0 Å². The van der Waals surface area contributed by atoms with E-state index in [2.05, 4.69) is 27.5 Å². The maximum Gasteiger partial charge on any atom is 0.224 e. The third-order valence-corrected chi connectivity index (χ3v) is 3.63. The molecule has 0 aliphatic heterocycles. The Morgan fingerprint density at radius 3 is 2.89 bits per heavy atom. The fraction of sp³-hybridized carbons (Fsp3) is 0.714. The van der Waals surface area contributed by atoms with E-state index in [-0.39, 0.29) is 0 Å². The quantitative estimate of drug-likeness (QED) is 0.717. The molecule has 1 aliphatic rings. The molecule has 0 atom stereocenters. The van der Waals surface area contributed by atoms with Crippen molar-refractivity contribution in [3.8, 4) is 0 Å². The smallest absolute Gasteiger partial charge is 0.224 e. The highest BCUT2D eigenvalue weighted by Gasteiger charge is 2.41. The zero-order chi connectivity index (χ0) is 13.6. The standard InChI is InChI=1S/C14H24N4O/c1-3-8-15-13-16-9-4-12(18-13)17-11-14(5-6-14)7-10-19-2/h4,9H,3,5-8,10-11H2,1-2H3,(H2,15,16,17,18). The summed E-state index contributed by atoms with van der Waals surface area (Å²) in [6.45, 7) is 4.85. The number of hydrogen-bond acceptors (Lipinski definition) is 5. The summed E-state index contributed by atoms with van der Waals surface area (Å²) < 4.78 is 5.17. The van der Waals surface area contributed by atoms with E-state index in [1.165, 1.54) is 12.8 Å². The van der Waals surface area contributed by atoms with Crippen molar-refractivity contribution in [1.82, 2.24) is 9.97 Å². The molecule has 1 aromatic heterocycles. The van der Waals surface area contributed by atoms with Gasteiger partial charge in [0.25, 0.3) is 0 Å². The second-order valence-corrected chi connectivity index (χ2v) is 5.29. The molecule has 5 nitrogen and oxygen atoms in total. The predicted octanol–water partition coefficient (Wildman–Crippen LogP) is 2.53. The molecular weight excluding hydrogens is 240 g/mol. The molecule has 2 N–H and O–H groups in total. The molecule has 0 radical (unpaired) electrons. The molecule has 1 aromatic rings. The lowest BCUT2D eigenvalue weighted by Crippen LogP contribution is -2.18. The highest BCUT2D eigenvalue weighted by molar-refractivity contribution is 5.39. The average Bonchev–Trinajstić information content (AvgIpc) is 3.22. The van der Waals surface area contributed by atoms with Crippen LogP contribution >= 0.6 is 0 Å². The first-order valence-corrected chi connectivity index (χ1v) is 7.08. The van der Waals surface area contributed by atoms with Gasteiger partial charge < -0.3 is 15.4 Å². The van der Waals surface area contributed by atoms with Gasteiger partial charge in [0, 0.05) is 33.0 Å². The third-order valence-electron chi connectivity index (χ3n) is 3.63. The maximum absolute atomic E-state index is 5.17. The molecule has 1 fully saturated rings. The average molecular weight is 264 g/mol. The Morgan fingerprint density at radius 1 is 1.37 bits per heavy atom. The number of anilines is 2. The maximum atomic E-state index is 5.17. The minimum atomic E-state index is 0.429. The number of hydrogen-bond donors (Lipinski definition) is 2. The van der Waals surface area contributed by atoms with E-state index in [0.29, 0.717) is 11.4 Å². The van der Waals surface area contributed by atoms with Crippen LogP contribution in [-0.4, -0.2) is 36.8 Å². The molecule has 0 amide bonds. The first-order chi connectivity index (χ1) is 9.28. The second kappa shape index (κ2) is 6.70. The Labute approximate surface area is 115 Å². The number of methoxy groups -OCH3 is 1. The minimum absolute atomic E-state index is 0.429. The normalized spacial score (nSPS) is 16.1. The first-order valence-electron chi connectivity index (χ1n) is 7.08. The van der Waals surface area contributed by atoms with Crippen LogP contribution in [0.3, 0.4) is 0 Å². The van der Waals surface area contributed by atoms with Gasteiger partial charge in [-0.2, -0.15) is 4.98 Å². The molecule has 0 spiro atoms. The Balaban J connectivity index is 1.82. The zero-order valence-electron chi connectivity index (χ0n) is 11.9. The number of rotatable bonds is 9. The van der Waals surface area contributed by atoms with Crippen molar-refractivity contribution >= 4 is 11.8 Å². The van der Waals surface area contributed by atoms with Crippen molar-refractivity contribution < 1.29 is 4.74 Å². The Bertz CT molecular complexity index is 393. The minimum Gasteiger partial charge on any atom is -0.385 e. The molecule has 1 aliphatic carbocycles. The van der Waals surface area contributed by atoms with Crippen molar-refractivity contribution in [3.63, 3.8) is 0 Å². The van der Waals surface area contributed by atoms with Crippen molar-refractivity contribution in [3.05, 3.63) is 12.3 Å². The van der Waals surface area contributed by atoms with E-state index in [0.717, 1.165) is 38.4 Å². The molecule has 1 saturated carbocycles. The summed E-state index contributed by atoms with van der Waals surface area (Å²) >= 11 is 0. The largest absolute Gasteiger partial charge is 0.385 e. The van der Waals surface area contributed by atoms with Crippen LogP contribution in [0.4, 0.5) is 11.8 Å². The van der Waals surface area contributed by atoms with Crippen LogP contribution in [0.5, 0.6) is 0 Å². The molecule has 19 heavy (non-hydrogen) atoms. The van der Waals surface area contributed by atoms with Crippen LogP contribution in [0.15, 0.2) is 12.3 Å².